The first kappa shape index (κ1) is 26.1. The molecule has 0 aliphatic heterocycles. The molecule has 0 saturated carbocycles. The molecule has 1 N–H and O–H groups in total. The quantitative estimate of drug-likeness (QED) is 0.284. The molecule has 162 valence electrons. The molecule has 1 unspecified atom stereocenters. The zero-order chi connectivity index (χ0) is 20.3. The first-order chi connectivity index (χ1) is 13.1. The minimum absolute atomic E-state index is 0.0319. The predicted molar refractivity (Wildman–Crippen MR) is 111 cm³/mol. The number of unbranched alkanes of at least 4 members (excludes halogenated alkanes) is 3. The van der Waals surface area contributed by atoms with E-state index in [1.807, 2.05) is 0 Å². The van der Waals surface area contributed by atoms with E-state index in [4.69, 9.17) is 9.47 Å². The molecule has 0 amide bonds. The Kier molecular flexibility index (Phi) is 17.9. The maximum absolute atomic E-state index is 12.0. The van der Waals surface area contributed by atoms with Crippen molar-refractivity contribution in [3.63, 3.8) is 0 Å². The fourth-order valence-corrected chi connectivity index (χ4v) is 3.11. The fourth-order valence-electron chi connectivity index (χ4n) is 3.11. The Morgan fingerprint density at radius 2 is 1.56 bits per heavy atom. The van der Waals surface area contributed by atoms with Gasteiger partial charge in [0.1, 0.15) is 12.7 Å². The molecule has 6 nitrogen and oxygen atoms in total. The van der Waals surface area contributed by atoms with E-state index in [1.165, 1.54) is 19.3 Å². The third-order valence-corrected chi connectivity index (χ3v) is 4.92. The third kappa shape index (κ3) is 14.8. The second-order valence-corrected chi connectivity index (χ2v) is 7.07. The van der Waals surface area contributed by atoms with Crippen molar-refractivity contribution in [1.29, 1.82) is 0 Å². The van der Waals surface area contributed by atoms with Gasteiger partial charge in [0, 0.05) is 26.2 Å². The van der Waals surface area contributed by atoms with Crippen LogP contribution in [0.5, 0.6) is 0 Å². The van der Waals surface area contributed by atoms with Crippen molar-refractivity contribution in [2.75, 3.05) is 52.5 Å². The van der Waals surface area contributed by atoms with Crippen molar-refractivity contribution in [2.45, 2.75) is 78.7 Å². The van der Waals surface area contributed by atoms with Gasteiger partial charge in [-0.2, -0.15) is 0 Å². The van der Waals surface area contributed by atoms with Crippen LogP contribution in [0.4, 0.5) is 4.79 Å². The summed E-state index contributed by atoms with van der Waals surface area (Å²) in [5, 5.41) is 9.24. The van der Waals surface area contributed by atoms with Crippen LogP contribution in [-0.4, -0.2) is 79.6 Å². The van der Waals surface area contributed by atoms with Gasteiger partial charge in [-0.15, -0.1) is 0 Å². The molecule has 0 aromatic rings. The van der Waals surface area contributed by atoms with E-state index >= 15 is 0 Å². The van der Waals surface area contributed by atoms with Crippen LogP contribution in [0.25, 0.3) is 0 Å². The van der Waals surface area contributed by atoms with Gasteiger partial charge >= 0.3 is 6.16 Å². The lowest BCUT2D eigenvalue weighted by Crippen LogP contribution is -2.38. The molecule has 0 aliphatic carbocycles. The van der Waals surface area contributed by atoms with E-state index in [-0.39, 0.29) is 12.7 Å². The lowest BCUT2D eigenvalue weighted by molar-refractivity contribution is 0.0116. The van der Waals surface area contributed by atoms with Gasteiger partial charge in [-0.25, -0.2) is 4.79 Å². The van der Waals surface area contributed by atoms with Gasteiger partial charge in [-0.3, -0.25) is 4.90 Å². The summed E-state index contributed by atoms with van der Waals surface area (Å²) in [5.41, 5.74) is 0. The van der Waals surface area contributed by atoms with Crippen molar-refractivity contribution in [3.8, 4) is 0 Å². The van der Waals surface area contributed by atoms with Crippen LogP contribution in [0.1, 0.15) is 72.6 Å². The van der Waals surface area contributed by atoms with Crippen molar-refractivity contribution in [1.82, 2.24) is 9.80 Å². The highest BCUT2D eigenvalue weighted by Crippen LogP contribution is 2.13. The first-order valence-corrected chi connectivity index (χ1v) is 11.0. The van der Waals surface area contributed by atoms with Gasteiger partial charge in [0.2, 0.25) is 0 Å². The molecule has 1 atom stereocenters. The number of hydrogen-bond acceptors (Lipinski definition) is 6. The van der Waals surface area contributed by atoms with Gasteiger partial charge < -0.3 is 19.5 Å². The minimum Gasteiger partial charge on any atom is -0.433 e. The monoisotopic (exact) mass is 388 g/mol. The van der Waals surface area contributed by atoms with Crippen LogP contribution in [0.15, 0.2) is 0 Å². The number of nitrogens with zero attached hydrogens (tertiary/aromatic N) is 2. The summed E-state index contributed by atoms with van der Waals surface area (Å²) in [5.74, 6) is 0. The summed E-state index contributed by atoms with van der Waals surface area (Å²) >= 11 is 0. The molecule has 0 radical (unpaired) electrons. The van der Waals surface area contributed by atoms with E-state index in [0.717, 1.165) is 51.9 Å². The van der Waals surface area contributed by atoms with Gasteiger partial charge in [0.25, 0.3) is 0 Å². The van der Waals surface area contributed by atoms with Crippen LogP contribution >= 0.6 is 0 Å². The molecule has 0 aromatic heterocycles. The molecule has 27 heavy (non-hydrogen) atoms. The Bertz CT molecular complexity index is 338. The summed E-state index contributed by atoms with van der Waals surface area (Å²) in [6.45, 7) is 14.1. The molecule has 0 aliphatic rings. The number of hydrogen-bond donors (Lipinski definition) is 1. The Morgan fingerprint density at radius 3 is 2.15 bits per heavy atom. The highest BCUT2D eigenvalue weighted by molar-refractivity contribution is 5.60. The summed E-state index contributed by atoms with van der Waals surface area (Å²) in [4.78, 5) is 16.5. The maximum atomic E-state index is 12.0. The Labute approximate surface area is 167 Å². The van der Waals surface area contributed by atoms with Crippen LogP contribution in [-0.2, 0) is 9.47 Å². The summed E-state index contributed by atoms with van der Waals surface area (Å²) in [6.07, 6.45) is 6.95. The number of aliphatic hydroxyl groups is 1. The topological polar surface area (TPSA) is 62.2 Å². The molecule has 0 fully saturated rings. The summed E-state index contributed by atoms with van der Waals surface area (Å²) in [6, 6.07) is 0. The average Bonchev–Trinajstić information content (AvgIpc) is 2.66. The minimum atomic E-state index is -0.559. The van der Waals surface area contributed by atoms with Crippen molar-refractivity contribution in [3.05, 3.63) is 0 Å². The fraction of sp³-hybridized carbons (Fsp3) is 0.952. The van der Waals surface area contributed by atoms with Crippen molar-refractivity contribution < 1.29 is 19.4 Å². The number of aliphatic hydroxyl groups excluding tert-OH is 1. The van der Waals surface area contributed by atoms with Crippen LogP contribution in [0.3, 0.4) is 0 Å². The number of rotatable bonds is 18. The van der Waals surface area contributed by atoms with Crippen LogP contribution in [0.2, 0.25) is 0 Å². The van der Waals surface area contributed by atoms with Crippen LogP contribution in [0, 0.1) is 0 Å². The summed E-state index contributed by atoms with van der Waals surface area (Å²) in [7, 11) is 0. The maximum Gasteiger partial charge on any atom is 0.508 e. The molecule has 0 saturated heterocycles. The average molecular weight is 389 g/mol. The van der Waals surface area contributed by atoms with Gasteiger partial charge in [-0.05, 0) is 32.4 Å². The number of likely N-dealkylation sites (N-methyl/N-ethyl adjacent to an activating group) is 1. The SMILES string of the molecule is CCCCCCC(CCC)OC(=O)OCCN(CCO)CCN(CC)CC. The van der Waals surface area contributed by atoms with E-state index in [9.17, 15) is 9.90 Å². The van der Waals surface area contributed by atoms with Crippen molar-refractivity contribution in [2.24, 2.45) is 0 Å². The Morgan fingerprint density at radius 1 is 0.852 bits per heavy atom. The van der Waals surface area contributed by atoms with E-state index < -0.39 is 6.16 Å². The summed E-state index contributed by atoms with van der Waals surface area (Å²) < 4.78 is 10.8. The highest BCUT2D eigenvalue weighted by atomic mass is 16.7. The second-order valence-electron chi connectivity index (χ2n) is 7.07. The highest BCUT2D eigenvalue weighted by Gasteiger charge is 2.15. The molecular weight excluding hydrogens is 344 g/mol. The predicted octanol–water partition coefficient (Wildman–Crippen LogP) is 3.91. The zero-order valence-electron chi connectivity index (χ0n) is 18.3. The van der Waals surface area contributed by atoms with Gasteiger partial charge in [0.05, 0.1) is 6.61 Å². The second kappa shape index (κ2) is 18.5. The molecule has 0 aromatic carbocycles. The lowest BCUT2D eigenvalue weighted by Gasteiger charge is -2.25. The normalized spacial score (nSPS) is 12.6. The zero-order valence-corrected chi connectivity index (χ0v) is 18.3. The number of carbonyl (C=O) groups is 1. The first-order valence-electron chi connectivity index (χ1n) is 11.0. The number of ether oxygens (including phenoxy) is 2. The molecule has 6 heteroatoms. The molecule has 0 heterocycles. The molecular formula is C21H44N2O4. The molecule has 0 spiro atoms. The molecule has 0 bridgehead atoms. The Hall–Kier alpha value is -0.850. The Balaban J connectivity index is 4.14. The van der Waals surface area contributed by atoms with Crippen LogP contribution < -0.4 is 0 Å². The lowest BCUT2D eigenvalue weighted by atomic mass is 10.1. The van der Waals surface area contributed by atoms with Gasteiger partial charge in [-0.1, -0.05) is 53.4 Å². The largest absolute Gasteiger partial charge is 0.508 e. The third-order valence-electron chi connectivity index (χ3n) is 4.92. The van der Waals surface area contributed by atoms with E-state index in [1.54, 1.807) is 0 Å². The van der Waals surface area contributed by atoms with Gasteiger partial charge in [0.15, 0.2) is 0 Å². The standard InChI is InChI=1S/C21H44N2O4/c1-5-9-10-11-13-20(12-6-2)27-21(25)26-19-17-23(16-18-24)15-14-22(7-3)8-4/h20,24H,5-19H2,1-4H3. The molecule has 0 rings (SSSR count). The van der Waals surface area contributed by atoms with E-state index in [2.05, 4.69) is 37.5 Å². The van der Waals surface area contributed by atoms with Crippen molar-refractivity contribution >= 4 is 6.16 Å². The smallest absolute Gasteiger partial charge is 0.433 e. The van der Waals surface area contributed by atoms with E-state index in [0.29, 0.717) is 19.7 Å². The number of carbonyl (C=O) groups excluding carboxylic acids is 1.